The van der Waals surface area contributed by atoms with Crippen LogP contribution in [0.4, 0.5) is 10.1 Å². The maximum atomic E-state index is 13.9. The second-order valence-corrected chi connectivity index (χ2v) is 8.53. The summed E-state index contributed by atoms with van der Waals surface area (Å²) in [5.41, 5.74) is 0.105. The number of amides is 2. The van der Waals surface area contributed by atoms with Gasteiger partial charge in [0, 0.05) is 0 Å². The Morgan fingerprint density at radius 3 is 2.46 bits per heavy atom. The van der Waals surface area contributed by atoms with Gasteiger partial charge in [0.05, 0.1) is 0 Å². The zero-order valence-electron chi connectivity index (χ0n) is 13.2. The number of hydrogen-bond acceptors (Lipinski definition) is 2. The zero-order valence-corrected chi connectivity index (χ0v) is 14.9. The van der Waals surface area contributed by atoms with Crippen LogP contribution in [0.1, 0.15) is 6.42 Å². The van der Waals surface area contributed by atoms with Crippen LogP contribution < -0.4 is 9.78 Å². The molecule has 2 aromatic rings. The number of benzene rings is 2. The van der Waals surface area contributed by atoms with Gasteiger partial charge >= 0.3 is 146 Å². The van der Waals surface area contributed by atoms with E-state index in [0.717, 1.165) is 4.46 Å². The van der Waals surface area contributed by atoms with E-state index in [1.165, 1.54) is 12.1 Å². The molecule has 1 atom stereocenters. The molecule has 2 aromatic carbocycles. The van der Waals surface area contributed by atoms with Gasteiger partial charge in [-0.05, 0) is 0 Å². The summed E-state index contributed by atoms with van der Waals surface area (Å²) in [6.07, 6.45) is 0.442. The summed E-state index contributed by atoms with van der Waals surface area (Å²) in [5.74, 6) is -1.13. The van der Waals surface area contributed by atoms with Crippen molar-refractivity contribution in [3.63, 3.8) is 0 Å². The molecule has 0 aromatic heterocycles. The molecule has 1 unspecified atom stereocenters. The predicted molar refractivity (Wildman–Crippen MR) is 91.8 cm³/mol. The second kappa shape index (κ2) is 6.75. The SMILES string of the molecule is CN1CCC([Se]c2ccccc2)(C(=O)Nc2ccccc2F)C1=O. The number of hydrogen-bond donors (Lipinski definition) is 1. The van der Waals surface area contributed by atoms with E-state index in [4.69, 9.17) is 0 Å². The molecule has 1 heterocycles. The second-order valence-electron chi connectivity index (χ2n) is 5.65. The van der Waals surface area contributed by atoms with Gasteiger partial charge in [-0.2, -0.15) is 0 Å². The van der Waals surface area contributed by atoms with Crippen LogP contribution in [0.15, 0.2) is 54.6 Å². The molecule has 0 aliphatic carbocycles. The summed E-state index contributed by atoms with van der Waals surface area (Å²) in [5, 5.41) is 2.62. The third-order valence-electron chi connectivity index (χ3n) is 4.02. The fourth-order valence-corrected chi connectivity index (χ4v) is 5.35. The van der Waals surface area contributed by atoms with E-state index < -0.39 is 16.0 Å². The topological polar surface area (TPSA) is 49.4 Å². The molecule has 124 valence electrons. The van der Waals surface area contributed by atoms with E-state index in [-0.39, 0.29) is 26.6 Å². The number of carbonyl (C=O) groups is 2. The zero-order chi connectivity index (χ0) is 17.2. The summed E-state index contributed by atoms with van der Waals surface area (Å²) in [6.45, 7) is 0.526. The first kappa shape index (κ1) is 16.7. The molecular weight excluding hydrogens is 374 g/mol. The fraction of sp³-hybridized carbons (Fsp3) is 0.222. The van der Waals surface area contributed by atoms with Gasteiger partial charge in [-0.1, -0.05) is 0 Å². The molecule has 1 saturated heterocycles. The van der Waals surface area contributed by atoms with Crippen molar-refractivity contribution < 1.29 is 14.0 Å². The van der Waals surface area contributed by atoms with E-state index in [1.807, 2.05) is 30.3 Å². The third kappa shape index (κ3) is 3.07. The van der Waals surface area contributed by atoms with Crippen LogP contribution in [0.3, 0.4) is 0 Å². The van der Waals surface area contributed by atoms with Crippen molar-refractivity contribution in [2.45, 2.75) is 10.7 Å². The molecule has 24 heavy (non-hydrogen) atoms. The normalized spacial score (nSPS) is 20.2. The number of anilines is 1. The number of halogens is 1. The average Bonchev–Trinajstić information content (AvgIpc) is 2.87. The number of nitrogens with one attached hydrogen (secondary N) is 1. The molecular formula is C18H17FN2O2Se. The van der Waals surface area contributed by atoms with Gasteiger partial charge in [-0.3, -0.25) is 0 Å². The van der Waals surface area contributed by atoms with Crippen molar-refractivity contribution >= 4 is 36.9 Å². The fourth-order valence-electron chi connectivity index (χ4n) is 2.67. The van der Waals surface area contributed by atoms with Crippen LogP contribution in [0.5, 0.6) is 0 Å². The first-order valence-corrected chi connectivity index (χ1v) is 9.30. The Bertz CT molecular complexity index is 769. The molecule has 1 N–H and O–H groups in total. The monoisotopic (exact) mass is 392 g/mol. The number of likely N-dealkylation sites (tertiary alicyclic amines) is 1. The van der Waals surface area contributed by atoms with Gasteiger partial charge in [0.25, 0.3) is 0 Å². The van der Waals surface area contributed by atoms with Gasteiger partial charge in [-0.25, -0.2) is 0 Å². The van der Waals surface area contributed by atoms with Crippen molar-refractivity contribution in [2.75, 3.05) is 18.9 Å². The van der Waals surface area contributed by atoms with Crippen LogP contribution in [0.2, 0.25) is 4.31 Å². The molecule has 0 radical (unpaired) electrons. The Morgan fingerprint density at radius 1 is 1.17 bits per heavy atom. The molecule has 3 rings (SSSR count). The summed E-state index contributed by atoms with van der Waals surface area (Å²) in [6, 6.07) is 15.5. The van der Waals surface area contributed by atoms with Gasteiger partial charge in [0.2, 0.25) is 0 Å². The average molecular weight is 391 g/mol. The molecule has 6 heteroatoms. The van der Waals surface area contributed by atoms with Crippen LogP contribution in [-0.4, -0.2) is 45.3 Å². The Kier molecular flexibility index (Phi) is 4.69. The number of carbonyl (C=O) groups excluding carboxylic acids is 2. The van der Waals surface area contributed by atoms with Crippen molar-refractivity contribution in [2.24, 2.45) is 0 Å². The quantitative estimate of drug-likeness (QED) is 0.639. The molecule has 0 bridgehead atoms. The van der Waals surface area contributed by atoms with Gasteiger partial charge in [-0.15, -0.1) is 0 Å². The maximum absolute atomic E-state index is 13.9. The van der Waals surface area contributed by atoms with Crippen molar-refractivity contribution in [1.82, 2.24) is 4.90 Å². The first-order chi connectivity index (χ1) is 11.5. The van der Waals surface area contributed by atoms with Crippen molar-refractivity contribution in [3.8, 4) is 0 Å². The molecule has 1 aliphatic heterocycles. The van der Waals surface area contributed by atoms with Crippen LogP contribution in [0.25, 0.3) is 0 Å². The molecule has 2 amide bonds. The van der Waals surface area contributed by atoms with Crippen LogP contribution in [-0.2, 0) is 9.59 Å². The van der Waals surface area contributed by atoms with Gasteiger partial charge in [0.15, 0.2) is 0 Å². The van der Waals surface area contributed by atoms with E-state index in [1.54, 1.807) is 24.1 Å². The van der Waals surface area contributed by atoms with Gasteiger partial charge < -0.3 is 0 Å². The summed E-state index contributed by atoms with van der Waals surface area (Å²) in [7, 11) is 1.70. The Balaban J connectivity index is 1.92. The molecule has 1 fully saturated rings. The number of nitrogens with zero attached hydrogens (tertiary/aromatic N) is 1. The van der Waals surface area contributed by atoms with E-state index in [9.17, 15) is 14.0 Å². The van der Waals surface area contributed by atoms with Crippen LogP contribution >= 0.6 is 0 Å². The van der Waals surface area contributed by atoms with E-state index >= 15 is 0 Å². The molecule has 1 aliphatic rings. The Morgan fingerprint density at radius 2 is 1.83 bits per heavy atom. The standard InChI is InChI=1S/C18H17FN2O2Se/c1-21-12-11-18(17(21)23,24-13-7-3-2-4-8-13)16(22)20-15-10-6-5-9-14(15)19/h2-10H,11-12H2,1H3,(H,20,22). The first-order valence-electron chi connectivity index (χ1n) is 7.58. The van der Waals surface area contributed by atoms with Crippen molar-refractivity contribution in [1.29, 1.82) is 0 Å². The Labute approximate surface area is 146 Å². The number of para-hydroxylation sites is 1. The van der Waals surface area contributed by atoms with E-state index in [0.29, 0.717) is 13.0 Å². The molecule has 0 saturated carbocycles. The minimum atomic E-state index is -1.13. The van der Waals surface area contributed by atoms with Crippen LogP contribution in [0, 0.1) is 5.82 Å². The predicted octanol–water partition coefficient (Wildman–Crippen LogP) is 1.81. The molecule has 4 nitrogen and oxygen atoms in total. The van der Waals surface area contributed by atoms with Gasteiger partial charge in [0.1, 0.15) is 0 Å². The minimum absolute atomic E-state index is 0.105. The molecule has 0 spiro atoms. The van der Waals surface area contributed by atoms with E-state index in [2.05, 4.69) is 5.32 Å². The Hall–Kier alpha value is -2.17. The summed E-state index contributed by atoms with van der Waals surface area (Å²) >= 11 is -0.383. The summed E-state index contributed by atoms with van der Waals surface area (Å²) < 4.78 is 13.7. The summed E-state index contributed by atoms with van der Waals surface area (Å²) in [4.78, 5) is 27.2. The number of rotatable bonds is 4. The third-order valence-corrected chi connectivity index (χ3v) is 7.00. The van der Waals surface area contributed by atoms with Crippen molar-refractivity contribution in [3.05, 3.63) is 60.4 Å².